The molecule has 1 atom stereocenters. The lowest BCUT2D eigenvalue weighted by atomic mass is 9.97. The molecule has 0 aliphatic carbocycles. The Morgan fingerprint density at radius 1 is 1.38 bits per heavy atom. The molecule has 1 aliphatic rings. The van der Waals surface area contributed by atoms with Crippen LogP contribution in [-0.4, -0.2) is 33.2 Å². The molecule has 1 aliphatic heterocycles. The predicted octanol–water partition coefficient (Wildman–Crippen LogP) is 1.62. The van der Waals surface area contributed by atoms with Gasteiger partial charge in [0.25, 0.3) is 10.0 Å². The topological polar surface area (TPSA) is 80.6 Å². The van der Waals surface area contributed by atoms with Gasteiger partial charge in [-0.25, -0.2) is 13.1 Å². The van der Waals surface area contributed by atoms with Gasteiger partial charge < -0.3 is 14.5 Å². The molecule has 2 rings (SSSR count). The summed E-state index contributed by atoms with van der Waals surface area (Å²) in [7, 11) is -3.66. The lowest BCUT2D eigenvalue weighted by Crippen LogP contribution is -2.51. The van der Waals surface area contributed by atoms with E-state index in [0.29, 0.717) is 31.6 Å². The van der Waals surface area contributed by atoms with E-state index in [0.717, 1.165) is 12.8 Å². The standard InChI is InChI=1S/C14H24N2O4S/c1-11(2)15-9-12-5-6-13(20-12)21(17,18)16-14(3)7-4-8-19-10-14/h5-6,11,15-16H,4,7-10H2,1-3H3. The van der Waals surface area contributed by atoms with Crippen LogP contribution in [0.15, 0.2) is 21.6 Å². The van der Waals surface area contributed by atoms with Crippen LogP contribution in [0.1, 0.15) is 39.4 Å². The smallest absolute Gasteiger partial charge is 0.274 e. The van der Waals surface area contributed by atoms with Gasteiger partial charge in [0.15, 0.2) is 0 Å². The highest BCUT2D eigenvalue weighted by Gasteiger charge is 2.34. The predicted molar refractivity (Wildman–Crippen MR) is 79.5 cm³/mol. The summed E-state index contributed by atoms with van der Waals surface area (Å²) < 4.78 is 38.3. The number of ether oxygens (including phenoxy) is 1. The Labute approximate surface area is 126 Å². The summed E-state index contributed by atoms with van der Waals surface area (Å²) in [4.78, 5) is 0. The Hall–Kier alpha value is -0.890. The minimum absolute atomic E-state index is 0.0464. The van der Waals surface area contributed by atoms with Crippen LogP contribution in [0.2, 0.25) is 0 Å². The number of sulfonamides is 1. The maximum atomic E-state index is 12.4. The molecule has 120 valence electrons. The highest BCUT2D eigenvalue weighted by Crippen LogP contribution is 2.22. The normalized spacial score (nSPS) is 23.6. The largest absolute Gasteiger partial charge is 0.447 e. The van der Waals surface area contributed by atoms with Gasteiger partial charge in [-0.1, -0.05) is 13.8 Å². The summed E-state index contributed by atoms with van der Waals surface area (Å²) in [5.41, 5.74) is -0.569. The SMILES string of the molecule is CC(C)NCc1ccc(S(=O)(=O)NC2(C)CCCOC2)o1. The number of hydrogen-bond acceptors (Lipinski definition) is 5. The van der Waals surface area contributed by atoms with Crippen molar-refractivity contribution in [1.82, 2.24) is 10.0 Å². The molecule has 2 N–H and O–H groups in total. The van der Waals surface area contributed by atoms with E-state index in [-0.39, 0.29) is 5.09 Å². The quantitative estimate of drug-likeness (QED) is 0.833. The van der Waals surface area contributed by atoms with Crippen molar-refractivity contribution in [2.75, 3.05) is 13.2 Å². The zero-order valence-electron chi connectivity index (χ0n) is 12.8. The average Bonchev–Trinajstić information content (AvgIpc) is 2.85. The molecule has 1 unspecified atom stereocenters. The molecule has 1 fully saturated rings. The molecule has 6 nitrogen and oxygen atoms in total. The van der Waals surface area contributed by atoms with Crippen LogP contribution in [0.5, 0.6) is 0 Å². The van der Waals surface area contributed by atoms with Crippen molar-refractivity contribution in [3.63, 3.8) is 0 Å². The van der Waals surface area contributed by atoms with E-state index in [1.807, 2.05) is 20.8 Å². The van der Waals surface area contributed by atoms with Crippen molar-refractivity contribution in [3.05, 3.63) is 17.9 Å². The highest BCUT2D eigenvalue weighted by atomic mass is 32.2. The first-order valence-corrected chi connectivity index (χ1v) is 8.73. The van der Waals surface area contributed by atoms with Crippen LogP contribution in [0.4, 0.5) is 0 Å². The third kappa shape index (κ3) is 4.54. The molecule has 0 spiro atoms. The molecule has 0 radical (unpaired) electrons. The summed E-state index contributed by atoms with van der Waals surface area (Å²) in [6, 6.07) is 3.49. The molecule has 1 aromatic rings. The van der Waals surface area contributed by atoms with Crippen molar-refractivity contribution in [1.29, 1.82) is 0 Å². The Morgan fingerprint density at radius 3 is 2.76 bits per heavy atom. The summed E-state index contributed by atoms with van der Waals surface area (Å²) >= 11 is 0. The monoisotopic (exact) mass is 316 g/mol. The fourth-order valence-electron chi connectivity index (χ4n) is 2.29. The first-order valence-electron chi connectivity index (χ1n) is 7.25. The average molecular weight is 316 g/mol. The van der Waals surface area contributed by atoms with Crippen molar-refractivity contribution in [3.8, 4) is 0 Å². The van der Waals surface area contributed by atoms with Crippen molar-refractivity contribution in [2.24, 2.45) is 0 Å². The van der Waals surface area contributed by atoms with Crippen LogP contribution >= 0.6 is 0 Å². The van der Waals surface area contributed by atoms with Crippen LogP contribution in [0.25, 0.3) is 0 Å². The van der Waals surface area contributed by atoms with Gasteiger partial charge >= 0.3 is 0 Å². The van der Waals surface area contributed by atoms with Gasteiger partial charge in [0.1, 0.15) is 5.76 Å². The zero-order chi connectivity index (χ0) is 15.5. The van der Waals surface area contributed by atoms with Crippen LogP contribution in [0, 0.1) is 0 Å². The number of nitrogens with one attached hydrogen (secondary N) is 2. The van der Waals surface area contributed by atoms with Gasteiger partial charge in [-0.2, -0.15) is 0 Å². The molecular formula is C14H24N2O4S. The van der Waals surface area contributed by atoms with Gasteiger partial charge in [-0.15, -0.1) is 0 Å². The molecular weight excluding hydrogens is 292 g/mol. The Balaban J connectivity index is 2.05. The lowest BCUT2D eigenvalue weighted by Gasteiger charge is -2.33. The van der Waals surface area contributed by atoms with Crippen molar-refractivity contribution in [2.45, 2.75) is 56.8 Å². The molecule has 2 heterocycles. The van der Waals surface area contributed by atoms with Gasteiger partial charge in [-0.05, 0) is 31.9 Å². The maximum absolute atomic E-state index is 12.4. The number of rotatable bonds is 6. The van der Waals surface area contributed by atoms with E-state index in [4.69, 9.17) is 9.15 Å². The van der Waals surface area contributed by atoms with Crippen LogP contribution in [-0.2, 0) is 21.3 Å². The van der Waals surface area contributed by atoms with E-state index in [2.05, 4.69) is 10.0 Å². The summed E-state index contributed by atoms with van der Waals surface area (Å²) in [5, 5.41) is 3.14. The maximum Gasteiger partial charge on any atom is 0.274 e. The van der Waals surface area contributed by atoms with E-state index < -0.39 is 15.6 Å². The molecule has 0 bridgehead atoms. The van der Waals surface area contributed by atoms with Crippen molar-refractivity contribution < 1.29 is 17.6 Å². The third-order valence-electron chi connectivity index (χ3n) is 3.41. The second-order valence-corrected chi connectivity index (χ2v) is 7.69. The molecule has 0 aromatic carbocycles. The van der Waals surface area contributed by atoms with Gasteiger partial charge in [-0.3, -0.25) is 0 Å². The number of hydrogen-bond donors (Lipinski definition) is 2. The van der Waals surface area contributed by atoms with E-state index >= 15 is 0 Å². The second-order valence-electron chi connectivity index (χ2n) is 6.08. The first kappa shape index (κ1) is 16.5. The third-order valence-corrected chi connectivity index (χ3v) is 4.92. The molecule has 1 aromatic heterocycles. The fourth-order valence-corrected chi connectivity index (χ4v) is 3.67. The lowest BCUT2D eigenvalue weighted by molar-refractivity contribution is 0.0385. The Kier molecular flexibility index (Phi) is 5.08. The molecule has 21 heavy (non-hydrogen) atoms. The van der Waals surface area contributed by atoms with Crippen LogP contribution in [0.3, 0.4) is 0 Å². The first-order chi connectivity index (χ1) is 9.81. The number of furan rings is 1. The summed E-state index contributed by atoms with van der Waals surface area (Å²) in [5.74, 6) is 0.606. The van der Waals surface area contributed by atoms with E-state index in [1.54, 1.807) is 6.07 Å². The minimum atomic E-state index is -3.66. The second kappa shape index (κ2) is 6.48. The molecule has 7 heteroatoms. The van der Waals surface area contributed by atoms with Crippen molar-refractivity contribution >= 4 is 10.0 Å². The van der Waals surface area contributed by atoms with Gasteiger partial charge in [0.05, 0.1) is 18.7 Å². The molecule has 0 saturated carbocycles. The van der Waals surface area contributed by atoms with Crippen LogP contribution < -0.4 is 10.0 Å². The van der Waals surface area contributed by atoms with E-state index in [1.165, 1.54) is 6.07 Å². The fraction of sp³-hybridized carbons (Fsp3) is 0.714. The summed E-state index contributed by atoms with van der Waals surface area (Å²) in [6.45, 7) is 7.47. The minimum Gasteiger partial charge on any atom is -0.447 e. The molecule has 1 saturated heterocycles. The Bertz CT molecular complexity index is 559. The van der Waals surface area contributed by atoms with Gasteiger partial charge in [0, 0.05) is 12.6 Å². The molecule has 0 amide bonds. The Morgan fingerprint density at radius 2 is 2.14 bits per heavy atom. The highest BCUT2D eigenvalue weighted by molar-refractivity contribution is 7.89. The van der Waals surface area contributed by atoms with E-state index in [9.17, 15) is 8.42 Å². The summed E-state index contributed by atoms with van der Waals surface area (Å²) in [6.07, 6.45) is 1.61. The van der Waals surface area contributed by atoms with Gasteiger partial charge in [0.2, 0.25) is 5.09 Å². The zero-order valence-corrected chi connectivity index (χ0v) is 13.6.